The number of nitrogens with zero attached hydrogens (tertiary/aromatic N) is 2. The van der Waals surface area contributed by atoms with Crippen LogP contribution in [-0.2, 0) is 0 Å². The average Bonchev–Trinajstić information content (AvgIpc) is 2.39. The molecule has 0 saturated carbocycles. The summed E-state index contributed by atoms with van der Waals surface area (Å²) < 4.78 is 5.56. The molecule has 0 bridgehead atoms. The van der Waals surface area contributed by atoms with Gasteiger partial charge in [-0.1, -0.05) is 6.42 Å². The predicted octanol–water partition coefficient (Wildman–Crippen LogP) is 1.95. The number of piperidine rings is 1. The molecule has 0 unspecified atom stereocenters. The minimum atomic E-state index is -0.952. The Morgan fingerprint density at radius 1 is 1.37 bits per heavy atom. The Balaban J connectivity index is 1.86. The first-order valence-electron chi connectivity index (χ1n) is 6.72. The fourth-order valence-electron chi connectivity index (χ4n) is 2.30. The van der Waals surface area contributed by atoms with Gasteiger partial charge in [0.05, 0.1) is 5.56 Å². The van der Waals surface area contributed by atoms with Gasteiger partial charge in [-0.15, -0.1) is 0 Å². The van der Waals surface area contributed by atoms with Crippen LogP contribution >= 0.6 is 0 Å². The molecule has 1 aromatic rings. The number of aromatic carboxylic acids is 1. The van der Waals surface area contributed by atoms with Gasteiger partial charge in [0.1, 0.15) is 6.61 Å². The number of hydrogen-bond donors (Lipinski definition) is 1. The number of hydrogen-bond acceptors (Lipinski definition) is 4. The van der Waals surface area contributed by atoms with Gasteiger partial charge in [-0.25, -0.2) is 9.78 Å². The molecule has 0 aromatic carbocycles. The lowest BCUT2D eigenvalue weighted by Gasteiger charge is -2.26. The van der Waals surface area contributed by atoms with Gasteiger partial charge in [0.25, 0.3) is 0 Å². The third-order valence-electron chi connectivity index (χ3n) is 3.28. The first-order chi connectivity index (χ1) is 9.15. The molecular weight excluding hydrogens is 244 g/mol. The predicted molar refractivity (Wildman–Crippen MR) is 71.7 cm³/mol. The van der Waals surface area contributed by atoms with Gasteiger partial charge in [0, 0.05) is 18.3 Å². The molecule has 0 amide bonds. The highest BCUT2D eigenvalue weighted by Crippen LogP contribution is 2.13. The third kappa shape index (κ3) is 4.21. The molecule has 1 aliphatic rings. The molecule has 0 aliphatic carbocycles. The third-order valence-corrected chi connectivity index (χ3v) is 3.28. The van der Waals surface area contributed by atoms with E-state index < -0.39 is 5.97 Å². The molecule has 104 valence electrons. The number of ether oxygens (including phenoxy) is 1. The number of carboxylic acid groups (broad SMARTS) is 1. The van der Waals surface area contributed by atoms with E-state index >= 15 is 0 Å². The van der Waals surface area contributed by atoms with E-state index in [1.807, 2.05) is 0 Å². The first kappa shape index (κ1) is 13.8. The molecule has 1 saturated heterocycles. The Morgan fingerprint density at radius 3 is 2.79 bits per heavy atom. The maximum Gasteiger partial charge on any atom is 0.335 e. The zero-order valence-electron chi connectivity index (χ0n) is 11.3. The molecule has 19 heavy (non-hydrogen) atoms. The van der Waals surface area contributed by atoms with Crippen LogP contribution in [0, 0.1) is 6.92 Å². The Bertz CT molecular complexity index is 442. The molecule has 2 rings (SSSR count). The zero-order chi connectivity index (χ0) is 13.7. The van der Waals surface area contributed by atoms with E-state index in [9.17, 15) is 4.79 Å². The topological polar surface area (TPSA) is 62.7 Å². The van der Waals surface area contributed by atoms with E-state index in [-0.39, 0.29) is 5.56 Å². The second-order valence-electron chi connectivity index (χ2n) is 4.89. The first-order valence-corrected chi connectivity index (χ1v) is 6.72. The lowest BCUT2D eigenvalue weighted by atomic mass is 10.1. The Kier molecular flexibility index (Phi) is 4.74. The monoisotopic (exact) mass is 264 g/mol. The second-order valence-corrected chi connectivity index (χ2v) is 4.89. The molecule has 1 aromatic heterocycles. The van der Waals surface area contributed by atoms with Crippen molar-refractivity contribution in [2.75, 3.05) is 26.2 Å². The van der Waals surface area contributed by atoms with E-state index in [2.05, 4.69) is 9.88 Å². The van der Waals surface area contributed by atoms with Crippen LogP contribution in [0.2, 0.25) is 0 Å². The number of carbonyl (C=O) groups is 1. The largest absolute Gasteiger partial charge is 0.478 e. The standard InChI is InChI=1S/C14H20N2O3/c1-11-9-12(14(17)18)10-13(15-11)19-8-7-16-5-3-2-4-6-16/h9-10H,2-8H2,1H3,(H,17,18). The van der Waals surface area contributed by atoms with E-state index in [1.54, 1.807) is 13.0 Å². The Morgan fingerprint density at radius 2 is 2.11 bits per heavy atom. The average molecular weight is 264 g/mol. The molecule has 2 heterocycles. The van der Waals surface area contributed by atoms with Crippen LogP contribution in [0.25, 0.3) is 0 Å². The quantitative estimate of drug-likeness (QED) is 0.880. The van der Waals surface area contributed by atoms with Crippen molar-refractivity contribution in [3.8, 4) is 5.88 Å². The number of carboxylic acids is 1. The second kappa shape index (κ2) is 6.52. The Hall–Kier alpha value is -1.62. The van der Waals surface area contributed by atoms with Crippen molar-refractivity contribution in [3.63, 3.8) is 0 Å². The lowest BCUT2D eigenvalue weighted by molar-refractivity contribution is 0.0696. The molecular formula is C14H20N2O3. The highest BCUT2D eigenvalue weighted by molar-refractivity contribution is 5.87. The summed E-state index contributed by atoms with van der Waals surface area (Å²) in [5.41, 5.74) is 0.883. The summed E-state index contributed by atoms with van der Waals surface area (Å²) in [6.07, 6.45) is 3.83. The van der Waals surface area contributed by atoms with Gasteiger partial charge >= 0.3 is 5.97 Å². The van der Waals surface area contributed by atoms with Gasteiger partial charge in [0.15, 0.2) is 0 Å². The normalized spacial score (nSPS) is 16.3. The number of likely N-dealkylation sites (tertiary alicyclic amines) is 1. The number of aromatic nitrogens is 1. The van der Waals surface area contributed by atoms with Crippen LogP contribution in [0.4, 0.5) is 0 Å². The van der Waals surface area contributed by atoms with Crippen molar-refractivity contribution in [2.24, 2.45) is 0 Å². The van der Waals surface area contributed by atoms with E-state index in [4.69, 9.17) is 9.84 Å². The number of rotatable bonds is 5. The van der Waals surface area contributed by atoms with Crippen molar-refractivity contribution in [3.05, 3.63) is 23.4 Å². The maximum atomic E-state index is 10.9. The molecule has 0 spiro atoms. The molecule has 5 nitrogen and oxygen atoms in total. The van der Waals surface area contributed by atoms with Gasteiger partial charge in [-0.2, -0.15) is 0 Å². The van der Waals surface area contributed by atoms with Crippen LogP contribution in [0.3, 0.4) is 0 Å². The van der Waals surface area contributed by atoms with Crippen LogP contribution in [-0.4, -0.2) is 47.2 Å². The van der Waals surface area contributed by atoms with Crippen LogP contribution in [0.1, 0.15) is 35.3 Å². The van der Waals surface area contributed by atoms with Crippen LogP contribution < -0.4 is 4.74 Å². The summed E-state index contributed by atoms with van der Waals surface area (Å²) in [6.45, 7) is 5.45. The summed E-state index contributed by atoms with van der Waals surface area (Å²) >= 11 is 0. The lowest BCUT2D eigenvalue weighted by Crippen LogP contribution is -2.33. The molecule has 0 atom stereocenters. The van der Waals surface area contributed by atoms with Gasteiger partial charge in [-0.3, -0.25) is 4.90 Å². The van der Waals surface area contributed by atoms with Crippen molar-refractivity contribution in [1.82, 2.24) is 9.88 Å². The molecule has 0 radical (unpaired) electrons. The van der Waals surface area contributed by atoms with Gasteiger partial charge in [0.2, 0.25) is 5.88 Å². The zero-order valence-corrected chi connectivity index (χ0v) is 11.3. The summed E-state index contributed by atoms with van der Waals surface area (Å²) in [5, 5.41) is 8.97. The molecule has 1 N–H and O–H groups in total. The summed E-state index contributed by atoms with van der Waals surface area (Å²) in [4.78, 5) is 17.5. The smallest absolute Gasteiger partial charge is 0.335 e. The van der Waals surface area contributed by atoms with Gasteiger partial charge in [-0.05, 0) is 38.9 Å². The van der Waals surface area contributed by atoms with E-state index in [0.717, 1.165) is 19.6 Å². The van der Waals surface area contributed by atoms with Crippen molar-refractivity contribution in [1.29, 1.82) is 0 Å². The molecule has 1 fully saturated rings. The maximum absolute atomic E-state index is 10.9. The SMILES string of the molecule is Cc1cc(C(=O)O)cc(OCCN2CCCCC2)n1. The summed E-state index contributed by atoms with van der Waals surface area (Å²) in [5.74, 6) is -0.555. The summed E-state index contributed by atoms with van der Waals surface area (Å²) in [6, 6.07) is 3.02. The van der Waals surface area contributed by atoms with Crippen molar-refractivity contribution in [2.45, 2.75) is 26.2 Å². The minimum absolute atomic E-state index is 0.223. The van der Waals surface area contributed by atoms with Crippen molar-refractivity contribution < 1.29 is 14.6 Å². The number of aryl methyl sites for hydroxylation is 1. The van der Waals surface area contributed by atoms with Crippen LogP contribution in [0.15, 0.2) is 12.1 Å². The minimum Gasteiger partial charge on any atom is -0.478 e. The highest BCUT2D eigenvalue weighted by Gasteiger charge is 2.11. The van der Waals surface area contributed by atoms with Crippen molar-refractivity contribution >= 4 is 5.97 Å². The molecule has 1 aliphatic heterocycles. The fraction of sp³-hybridized carbons (Fsp3) is 0.571. The fourth-order valence-corrected chi connectivity index (χ4v) is 2.30. The molecule has 5 heteroatoms. The summed E-state index contributed by atoms with van der Waals surface area (Å²) in [7, 11) is 0. The van der Waals surface area contributed by atoms with E-state index in [1.165, 1.54) is 25.3 Å². The number of pyridine rings is 1. The Labute approximate surface area is 113 Å². The van der Waals surface area contributed by atoms with E-state index in [0.29, 0.717) is 18.2 Å². The van der Waals surface area contributed by atoms with Gasteiger partial charge < -0.3 is 9.84 Å². The van der Waals surface area contributed by atoms with Crippen LogP contribution in [0.5, 0.6) is 5.88 Å². The highest BCUT2D eigenvalue weighted by atomic mass is 16.5.